The van der Waals surface area contributed by atoms with Crippen molar-refractivity contribution in [2.45, 2.75) is 253 Å². The van der Waals surface area contributed by atoms with E-state index in [2.05, 4.69) is 61.7 Å². The summed E-state index contributed by atoms with van der Waals surface area (Å²) in [6.45, 7) is 26.0. The molecule has 21 heteroatoms. The largest absolute Gasteiger partial charge is 0.355 e. The van der Waals surface area contributed by atoms with Crippen LogP contribution in [-0.2, 0) is 47.9 Å². The second kappa shape index (κ2) is 35.4. The molecule has 5 atom stereocenters. The average molecular weight is 1120 g/mol. The fraction of sp³-hybridized carbons (Fsp3) is 0.828. The van der Waals surface area contributed by atoms with E-state index in [1.165, 1.54) is 41.5 Å². The Hall–Kier alpha value is -5.34. The molecule has 0 radical (unpaired) electrons. The number of amides is 10. The van der Waals surface area contributed by atoms with Crippen molar-refractivity contribution in [1.82, 2.24) is 57.7 Å². The molecule has 10 amide bonds. The SMILES string of the molecule is CCCCCCCC[C@H](NC(=O)[C@@H]1CCCN1C(=O)CCCCC)C(=O)N[C@@H](CC(C)C)C(=O)NC(C)(C)C(=O)N[C@@H](CC(C)C)C(=O)N[C@@H](CC(C)C)C(=O)NC(C)(C)C(=O)NC(C)(C)C(=O)NCCC(=O)NCCN(C)C. The second-order valence-corrected chi connectivity index (χ2v) is 24.8. The zero-order valence-corrected chi connectivity index (χ0v) is 51.4. The smallest absolute Gasteiger partial charge is 0.246 e. The van der Waals surface area contributed by atoms with Crippen molar-refractivity contribution in [2.24, 2.45) is 17.8 Å². The molecule has 0 unspecified atom stereocenters. The van der Waals surface area contributed by atoms with Gasteiger partial charge in [-0.25, -0.2) is 0 Å². The molecule has 1 heterocycles. The molecule has 1 aliphatic rings. The summed E-state index contributed by atoms with van der Waals surface area (Å²) in [5, 5.41) is 25.1. The van der Waals surface area contributed by atoms with Crippen LogP contribution in [0.5, 0.6) is 0 Å². The van der Waals surface area contributed by atoms with Crippen molar-refractivity contribution < 1.29 is 47.9 Å². The van der Waals surface area contributed by atoms with Gasteiger partial charge in [0.2, 0.25) is 59.1 Å². The Labute approximate surface area is 474 Å². The third kappa shape index (κ3) is 27.6. The zero-order valence-electron chi connectivity index (χ0n) is 51.4. The first-order valence-electron chi connectivity index (χ1n) is 29.5. The molecule has 0 aromatic rings. The summed E-state index contributed by atoms with van der Waals surface area (Å²) in [6.07, 6.45) is 10.8. The Balaban J connectivity index is 3.24. The summed E-state index contributed by atoms with van der Waals surface area (Å²) in [6, 6.07) is -5.08. The molecule has 21 nitrogen and oxygen atoms in total. The molecule has 1 fully saturated rings. The second-order valence-electron chi connectivity index (χ2n) is 24.8. The van der Waals surface area contributed by atoms with Gasteiger partial charge in [0.25, 0.3) is 0 Å². The molecule has 9 N–H and O–H groups in total. The molecular formula is C58H107N11O10. The first-order chi connectivity index (χ1) is 36.8. The van der Waals surface area contributed by atoms with Crippen molar-refractivity contribution in [3.05, 3.63) is 0 Å². The molecule has 79 heavy (non-hydrogen) atoms. The molecule has 0 aromatic heterocycles. The van der Waals surface area contributed by atoms with E-state index in [1.54, 1.807) is 4.90 Å². The lowest BCUT2D eigenvalue weighted by molar-refractivity contribution is -0.140. The van der Waals surface area contributed by atoms with Gasteiger partial charge in [0.05, 0.1) is 0 Å². The Kier molecular flexibility index (Phi) is 32.1. The van der Waals surface area contributed by atoms with Crippen LogP contribution in [0.15, 0.2) is 0 Å². The predicted octanol–water partition coefficient (Wildman–Crippen LogP) is 4.25. The molecule has 0 aliphatic carbocycles. The zero-order chi connectivity index (χ0) is 60.3. The average Bonchev–Trinajstić information content (AvgIpc) is 3.84. The number of likely N-dealkylation sites (tertiary alicyclic amines) is 1. The van der Waals surface area contributed by atoms with E-state index in [1.807, 2.05) is 60.5 Å². The van der Waals surface area contributed by atoms with Gasteiger partial charge in [0.1, 0.15) is 46.8 Å². The van der Waals surface area contributed by atoms with E-state index in [0.717, 1.165) is 51.4 Å². The van der Waals surface area contributed by atoms with Gasteiger partial charge in [-0.05, 0) is 118 Å². The van der Waals surface area contributed by atoms with E-state index in [4.69, 9.17) is 0 Å². The molecule has 0 saturated carbocycles. The summed E-state index contributed by atoms with van der Waals surface area (Å²) in [5.41, 5.74) is -4.63. The third-order valence-corrected chi connectivity index (χ3v) is 13.9. The van der Waals surface area contributed by atoms with Gasteiger partial charge in [-0.1, -0.05) is 107 Å². The van der Waals surface area contributed by atoms with Gasteiger partial charge in [0, 0.05) is 39.0 Å². The first-order valence-corrected chi connectivity index (χ1v) is 29.5. The van der Waals surface area contributed by atoms with Crippen LogP contribution >= 0.6 is 0 Å². The van der Waals surface area contributed by atoms with Crippen LogP contribution in [0.2, 0.25) is 0 Å². The Morgan fingerprint density at radius 1 is 0.506 bits per heavy atom. The summed E-state index contributed by atoms with van der Waals surface area (Å²) in [5.74, 6) is -5.44. The molecule has 0 aromatic carbocycles. The summed E-state index contributed by atoms with van der Waals surface area (Å²) in [4.78, 5) is 141. The lowest BCUT2D eigenvalue weighted by Crippen LogP contribution is -2.65. The quantitative estimate of drug-likeness (QED) is 0.0394. The summed E-state index contributed by atoms with van der Waals surface area (Å²) in [7, 11) is 3.78. The van der Waals surface area contributed by atoms with Crippen molar-refractivity contribution in [1.29, 1.82) is 0 Å². The van der Waals surface area contributed by atoms with Crippen LogP contribution in [0.4, 0.5) is 0 Å². The van der Waals surface area contributed by atoms with E-state index in [9.17, 15) is 47.9 Å². The monoisotopic (exact) mass is 1120 g/mol. The number of nitrogens with one attached hydrogen (secondary N) is 9. The first kappa shape index (κ1) is 71.7. The van der Waals surface area contributed by atoms with E-state index < -0.39 is 94.1 Å². The highest BCUT2D eigenvalue weighted by molar-refractivity contribution is 6.00. The Bertz CT molecular complexity index is 1990. The molecule has 454 valence electrons. The highest BCUT2D eigenvalue weighted by Gasteiger charge is 2.41. The van der Waals surface area contributed by atoms with Crippen LogP contribution in [-0.4, -0.2) is 156 Å². The number of carbonyl (C=O) groups excluding carboxylic acids is 10. The van der Waals surface area contributed by atoms with Gasteiger partial charge < -0.3 is 57.7 Å². The van der Waals surface area contributed by atoms with Crippen LogP contribution in [0.3, 0.4) is 0 Å². The van der Waals surface area contributed by atoms with Crippen LogP contribution < -0.4 is 47.9 Å². The number of hydrogen-bond donors (Lipinski definition) is 9. The van der Waals surface area contributed by atoms with E-state index in [0.29, 0.717) is 51.7 Å². The van der Waals surface area contributed by atoms with Gasteiger partial charge in [0.15, 0.2) is 0 Å². The third-order valence-electron chi connectivity index (χ3n) is 13.9. The van der Waals surface area contributed by atoms with E-state index >= 15 is 0 Å². The van der Waals surface area contributed by atoms with Crippen LogP contribution in [0.25, 0.3) is 0 Å². The van der Waals surface area contributed by atoms with Crippen molar-refractivity contribution in [3.63, 3.8) is 0 Å². The number of hydrogen-bond acceptors (Lipinski definition) is 11. The molecule has 0 spiro atoms. The summed E-state index contributed by atoms with van der Waals surface area (Å²) < 4.78 is 0. The van der Waals surface area contributed by atoms with Crippen molar-refractivity contribution in [3.8, 4) is 0 Å². The Morgan fingerprint density at radius 2 is 0.975 bits per heavy atom. The van der Waals surface area contributed by atoms with Crippen LogP contribution in [0.1, 0.15) is 206 Å². The van der Waals surface area contributed by atoms with Crippen LogP contribution in [0, 0.1) is 17.8 Å². The predicted molar refractivity (Wildman–Crippen MR) is 309 cm³/mol. The highest BCUT2D eigenvalue weighted by Crippen LogP contribution is 2.21. The molecule has 1 rings (SSSR count). The maximum absolute atomic E-state index is 14.3. The minimum atomic E-state index is -1.62. The molecular weight excluding hydrogens is 1010 g/mol. The number of nitrogens with zero attached hydrogens (tertiary/aromatic N) is 2. The fourth-order valence-electron chi connectivity index (χ4n) is 9.08. The minimum Gasteiger partial charge on any atom is -0.355 e. The fourth-order valence-corrected chi connectivity index (χ4v) is 9.08. The number of rotatable bonds is 38. The molecule has 1 saturated heterocycles. The molecule has 1 aliphatic heterocycles. The summed E-state index contributed by atoms with van der Waals surface area (Å²) >= 11 is 0. The van der Waals surface area contributed by atoms with Gasteiger partial charge in [-0.2, -0.15) is 0 Å². The Morgan fingerprint density at radius 3 is 1.49 bits per heavy atom. The van der Waals surface area contributed by atoms with Crippen molar-refractivity contribution in [2.75, 3.05) is 40.3 Å². The van der Waals surface area contributed by atoms with E-state index in [-0.39, 0.29) is 61.8 Å². The number of unbranched alkanes of at least 4 members (excludes halogenated alkanes) is 7. The maximum atomic E-state index is 14.3. The van der Waals surface area contributed by atoms with Gasteiger partial charge >= 0.3 is 0 Å². The van der Waals surface area contributed by atoms with Crippen molar-refractivity contribution >= 4 is 59.1 Å². The highest BCUT2D eigenvalue weighted by atomic mass is 16.2. The maximum Gasteiger partial charge on any atom is 0.246 e. The van der Waals surface area contributed by atoms with Gasteiger partial charge in [-0.15, -0.1) is 0 Å². The topological polar surface area (TPSA) is 285 Å². The normalized spacial score (nSPS) is 15.4. The molecule has 0 bridgehead atoms. The lowest BCUT2D eigenvalue weighted by Gasteiger charge is -2.34. The number of carbonyl (C=O) groups is 10. The minimum absolute atomic E-state index is 0.0410. The van der Waals surface area contributed by atoms with Gasteiger partial charge in [-0.3, -0.25) is 47.9 Å². The standard InChI is InChI=1S/C58H107N11O10/c1-17-19-21-22-23-25-27-41(61-52(76)45-28-26-33-69(45)47(71)29-24-20-18-2)48(72)62-43(36-39(5)6)50(74)65-57(11,12)54(78)64-42(35-38(3)4)49(73)63-44(37-40(7)8)51(75)66-58(13,14)55(79)67-56(9,10)53(77)60-31-30-46(70)59-32-34-68(15)16/h38-45H,17-37H2,1-16H3,(H,59,70)(H,60,77)(H,61,76)(H,62,72)(H,63,73)(H,64,78)(H,65,74)(H,66,75)(H,67,79)/t41-,42-,43-,44-,45-/m0/s1. The lowest BCUT2D eigenvalue weighted by atomic mass is 9.96. The number of likely N-dealkylation sites (N-methyl/N-ethyl adjacent to an activating group) is 1.